The van der Waals surface area contributed by atoms with Gasteiger partial charge in [-0.3, -0.25) is 4.79 Å². The van der Waals surface area contributed by atoms with Crippen LogP contribution in [0.3, 0.4) is 0 Å². The van der Waals surface area contributed by atoms with Gasteiger partial charge in [0.1, 0.15) is 28.0 Å². The predicted molar refractivity (Wildman–Crippen MR) is 141 cm³/mol. The Hall–Kier alpha value is -3.86. The highest BCUT2D eigenvalue weighted by Crippen LogP contribution is 2.39. The van der Waals surface area contributed by atoms with Crippen LogP contribution in [0.2, 0.25) is 0 Å². The molecule has 2 aromatic heterocycles. The van der Waals surface area contributed by atoms with Crippen LogP contribution in [0.4, 0.5) is 11.6 Å². The van der Waals surface area contributed by atoms with Gasteiger partial charge in [-0.1, -0.05) is 6.92 Å². The number of aromatic nitrogens is 2. The third-order valence-corrected chi connectivity index (χ3v) is 7.79. The average molecular weight is 526 g/mol. The molecule has 196 valence electrons. The average Bonchev–Trinajstić information content (AvgIpc) is 3.14. The molecule has 1 amide bonds. The summed E-state index contributed by atoms with van der Waals surface area (Å²) in [5.74, 6) is 0.922. The van der Waals surface area contributed by atoms with E-state index < -0.39 is 15.9 Å². The maximum Gasteiger partial charge on any atom is 0.268 e. The van der Waals surface area contributed by atoms with Crippen molar-refractivity contribution in [3.63, 3.8) is 0 Å². The summed E-state index contributed by atoms with van der Waals surface area (Å²) >= 11 is 0. The summed E-state index contributed by atoms with van der Waals surface area (Å²) < 4.78 is 38.9. The Morgan fingerprint density at radius 1 is 1.14 bits per heavy atom. The highest BCUT2D eigenvalue weighted by molar-refractivity contribution is 7.90. The number of hydrogen-bond acceptors (Lipinski definition) is 9. The normalized spacial score (nSPS) is 16.9. The van der Waals surface area contributed by atoms with Crippen LogP contribution < -0.4 is 24.8 Å². The van der Waals surface area contributed by atoms with E-state index in [9.17, 15) is 13.2 Å². The highest BCUT2D eigenvalue weighted by atomic mass is 32.2. The number of nitrogens with zero attached hydrogens (tertiary/aromatic N) is 3. The van der Waals surface area contributed by atoms with Gasteiger partial charge in [0.2, 0.25) is 0 Å². The zero-order chi connectivity index (χ0) is 27.0. The van der Waals surface area contributed by atoms with Crippen molar-refractivity contribution in [2.45, 2.75) is 37.6 Å². The van der Waals surface area contributed by atoms with E-state index >= 15 is 0 Å². The Bertz CT molecular complexity index is 1420. The van der Waals surface area contributed by atoms with Crippen molar-refractivity contribution < 1.29 is 22.7 Å². The molecule has 1 aliphatic heterocycles. The highest BCUT2D eigenvalue weighted by Gasteiger charge is 2.39. The van der Waals surface area contributed by atoms with Crippen molar-refractivity contribution in [2.24, 2.45) is 5.92 Å². The topological polar surface area (TPSA) is 137 Å². The first-order chi connectivity index (χ1) is 17.4. The van der Waals surface area contributed by atoms with E-state index in [4.69, 9.17) is 20.2 Å². The molecule has 3 heterocycles. The molecular formula is C26H31N5O5S. The Morgan fingerprint density at radius 3 is 2.38 bits per heavy atom. The number of ether oxygens (including phenoxy) is 2. The monoisotopic (exact) mass is 525 g/mol. The number of anilines is 2. The van der Waals surface area contributed by atoms with Crippen molar-refractivity contribution in [1.82, 2.24) is 14.7 Å². The number of amides is 1. The van der Waals surface area contributed by atoms with Crippen LogP contribution in [0.5, 0.6) is 11.5 Å². The molecule has 10 nitrogen and oxygen atoms in total. The molecule has 0 saturated carbocycles. The van der Waals surface area contributed by atoms with E-state index in [0.717, 1.165) is 12.0 Å². The molecule has 3 N–H and O–H groups in total. The first-order valence-corrected chi connectivity index (χ1v) is 13.2. The van der Waals surface area contributed by atoms with Gasteiger partial charge >= 0.3 is 0 Å². The summed E-state index contributed by atoms with van der Waals surface area (Å²) in [5.41, 5.74) is 6.88. The molecule has 37 heavy (non-hydrogen) atoms. The maximum atomic E-state index is 13.4. The van der Waals surface area contributed by atoms with Gasteiger partial charge in [-0.05, 0) is 62.6 Å². The number of nitrogens with one attached hydrogen (secondary N) is 1. The second-order valence-electron chi connectivity index (χ2n) is 9.72. The molecule has 0 aliphatic carbocycles. The summed E-state index contributed by atoms with van der Waals surface area (Å²) in [6, 6.07) is 11.4. The molecule has 4 rings (SSSR count). The third kappa shape index (κ3) is 5.31. The van der Waals surface area contributed by atoms with Gasteiger partial charge in [0.25, 0.3) is 15.9 Å². The SMILES string of the molecule is COc1cc(OC)cc(-c2ccc(C(=O)NS(=O)(=O)c3cccnc3N)c(N3C[C@@H](C)CC3(C)C)n2)c1. The lowest BCUT2D eigenvalue weighted by Gasteiger charge is -2.34. The Kier molecular flexibility index (Phi) is 7.00. The summed E-state index contributed by atoms with van der Waals surface area (Å²) in [4.78, 5) is 23.9. The lowest BCUT2D eigenvalue weighted by molar-refractivity contribution is 0.0981. The zero-order valence-electron chi connectivity index (χ0n) is 21.5. The van der Waals surface area contributed by atoms with Crippen LogP contribution in [0.15, 0.2) is 53.6 Å². The zero-order valence-corrected chi connectivity index (χ0v) is 22.3. The number of sulfonamides is 1. The second kappa shape index (κ2) is 9.89. The van der Waals surface area contributed by atoms with Crippen molar-refractivity contribution in [3.8, 4) is 22.8 Å². The van der Waals surface area contributed by atoms with Crippen LogP contribution in [0, 0.1) is 5.92 Å². The fourth-order valence-corrected chi connectivity index (χ4v) is 5.82. The van der Waals surface area contributed by atoms with Crippen LogP contribution in [0.25, 0.3) is 11.3 Å². The molecule has 1 saturated heterocycles. The lowest BCUT2D eigenvalue weighted by atomic mass is 9.97. The lowest BCUT2D eigenvalue weighted by Crippen LogP contribution is -2.41. The second-order valence-corrected chi connectivity index (χ2v) is 11.4. The van der Waals surface area contributed by atoms with Crippen molar-refractivity contribution in [2.75, 3.05) is 31.4 Å². The van der Waals surface area contributed by atoms with Gasteiger partial charge in [-0.15, -0.1) is 0 Å². The van der Waals surface area contributed by atoms with Gasteiger partial charge in [-0.25, -0.2) is 23.1 Å². The molecule has 11 heteroatoms. The standard InChI is InChI=1S/C26H31N5O5S/c1-16-14-26(2,3)31(15-16)24-20(25(32)30-37(33,34)22-7-6-10-28-23(22)27)8-9-21(29-24)17-11-18(35-4)13-19(12-17)36-5/h6-13,16H,14-15H2,1-5H3,(H2,27,28)(H,30,32)/t16-/m0/s1. The van der Waals surface area contributed by atoms with Crippen molar-refractivity contribution in [1.29, 1.82) is 0 Å². The summed E-state index contributed by atoms with van der Waals surface area (Å²) in [7, 11) is -1.14. The minimum Gasteiger partial charge on any atom is -0.497 e. The van der Waals surface area contributed by atoms with Gasteiger partial charge < -0.3 is 20.1 Å². The first-order valence-electron chi connectivity index (χ1n) is 11.7. The summed E-state index contributed by atoms with van der Waals surface area (Å²) in [6.07, 6.45) is 2.26. The van der Waals surface area contributed by atoms with E-state index in [1.807, 2.05) is 12.1 Å². The predicted octanol–water partition coefficient (Wildman–Crippen LogP) is 3.49. The Labute approximate surface area is 216 Å². The van der Waals surface area contributed by atoms with Crippen LogP contribution in [-0.2, 0) is 10.0 Å². The Balaban J connectivity index is 1.81. The Morgan fingerprint density at radius 2 is 1.81 bits per heavy atom. The van der Waals surface area contributed by atoms with Crippen LogP contribution >= 0.6 is 0 Å². The molecule has 0 unspecified atom stereocenters. The molecule has 1 fully saturated rings. The van der Waals surface area contributed by atoms with E-state index in [-0.39, 0.29) is 21.8 Å². The molecule has 1 aromatic carbocycles. The van der Waals surface area contributed by atoms with E-state index in [1.54, 1.807) is 32.4 Å². The fraction of sp³-hybridized carbons (Fsp3) is 0.346. The number of nitrogen functional groups attached to an aromatic ring is 1. The van der Waals surface area contributed by atoms with Gasteiger partial charge in [-0.2, -0.15) is 0 Å². The quantitative estimate of drug-likeness (QED) is 0.475. The third-order valence-electron chi connectivity index (χ3n) is 6.41. The largest absolute Gasteiger partial charge is 0.497 e. The number of hydrogen-bond donors (Lipinski definition) is 2. The van der Waals surface area contributed by atoms with Crippen molar-refractivity contribution >= 4 is 27.6 Å². The minimum absolute atomic E-state index is 0.131. The molecule has 0 bridgehead atoms. The number of benzene rings is 1. The number of carbonyl (C=O) groups is 1. The molecular weight excluding hydrogens is 494 g/mol. The van der Waals surface area contributed by atoms with E-state index in [0.29, 0.717) is 35.5 Å². The van der Waals surface area contributed by atoms with Crippen LogP contribution in [0.1, 0.15) is 37.6 Å². The molecule has 1 atom stereocenters. The summed E-state index contributed by atoms with van der Waals surface area (Å²) in [6.45, 7) is 6.95. The summed E-state index contributed by atoms with van der Waals surface area (Å²) in [5, 5.41) is 0. The molecule has 0 radical (unpaired) electrons. The van der Waals surface area contributed by atoms with Gasteiger partial charge in [0.15, 0.2) is 0 Å². The number of carbonyl (C=O) groups excluding carboxylic acids is 1. The molecule has 3 aromatic rings. The van der Waals surface area contributed by atoms with Gasteiger partial charge in [0, 0.05) is 29.9 Å². The smallest absolute Gasteiger partial charge is 0.268 e. The van der Waals surface area contributed by atoms with Gasteiger partial charge in [0.05, 0.1) is 25.5 Å². The molecule has 1 aliphatic rings. The van der Waals surface area contributed by atoms with Crippen LogP contribution in [-0.4, -0.2) is 50.6 Å². The number of pyridine rings is 2. The fourth-order valence-electron chi connectivity index (χ4n) is 4.77. The minimum atomic E-state index is -4.26. The number of rotatable bonds is 7. The number of nitrogens with two attached hydrogens (primary N) is 1. The van der Waals surface area contributed by atoms with Crippen molar-refractivity contribution in [3.05, 3.63) is 54.2 Å². The van der Waals surface area contributed by atoms with E-state index in [2.05, 4.69) is 35.4 Å². The number of methoxy groups -OCH3 is 2. The maximum absolute atomic E-state index is 13.4. The first kappa shape index (κ1) is 26.2. The molecule has 0 spiro atoms. The van der Waals surface area contributed by atoms with E-state index in [1.165, 1.54) is 18.3 Å².